The molecule has 1 aliphatic heterocycles. The molecule has 0 aromatic carbocycles. The molecule has 0 unspecified atom stereocenters. The zero-order valence-electron chi connectivity index (χ0n) is 11.2. The van der Waals surface area contributed by atoms with Gasteiger partial charge in [0.2, 0.25) is 0 Å². The molecule has 1 aromatic rings. The third-order valence-corrected chi connectivity index (χ3v) is 3.20. The van der Waals surface area contributed by atoms with Gasteiger partial charge in [0.25, 0.3) is 18.5 Å². The van der Waals surface area contributed by atoms with Crippen LogP contribution in [0, 0.1) is 6.92 Å². The van der Waals surface area contributed by atoms with Crippen LogP contribution >= 0.6 is 0 Å². The first kappa shape index (κ1) is 15.0. The quantitative estimate of drug-likeness (QED) is 0.659. The van der Waals surface area contributed by atoms with Crippen molar-refractivity contribution in [3.63, 3.8) is 0 Å². The van der Waals surface area contributed by atoms with Crippen LogP contribution in [0.3, 0.4) is 0 Å². The Kier molecular flexibility index (Phi) is 4.53. The van der Waals surface area contributed by atoms with Crippen LogP contribution in [-0.2, 0) is 23.8 Å². The topological polar surface area (TPSA) is 117 Å². The number of hydrogen-bond donors (Lipinski definition) is 1. The van der Waals surface area contributed by atoms with E-state index >= 15 is 0 Å². The minimum Gasteiger partial charge on any atom is -0.465 e. The van der Waals surface area contributed by atoms with Crippen LogP contribution in [0.25, 0.3) is 0 Å². The number of carbonyl (C=O) groups excluding carboxylic acids is 2. The summed E-state index contributed by atoms with van der Waals surface area (Å²) in [5.74, 6) is 0. The molecule has 9 heteroatoms. The van der Waals surface area contributed by atoms with Gasteiger partial charge < -0.3 is 14.2 Å². The van der Waals surface area contributed by atoms with Crippen LogP contribution < -0.4 is 11.2 Å². The van der Waals surface area contributed by atoms with E-state index in [0.29, 0.717) is 5.56 Å². The van der Waals surface area contributed by atoms with Gasteiger partial charge in [0.05, 0.1) is 0 Å². The summed E-state index contributed by atoms with van der Waals surface area (Å²) in [5, 5.41) is 0. The first-order valence-electron chi connectivity index (χ1n) is 6.18. The number of ether oxygens (including phenoxy) is 3. The SMILES string of the molecule is Cc1cn([C@H]2C[C@H](OC=O)[C@@H](COC=O)O2)c(=O)[nH]c1=O. The standard InChI is InChI=1S/C12H14N2O7/c1-7-3-14(12(18)13-11(7)17)10-2-8(20-6-16)9(21-10)4-19-5-15/h3,5-6,8-10H,2,4H2,1H3,(H,13,17,18)/t8-,9+,10+/m0/s1. The van der Waals surface area contributed by atoms with Crippen molar-refractivity contribution >= 4 is 12.9 Å². The molecule has 1 fully saturated rings. The van der Waals surface area contributed by atoms with E-state index in [9.17, 15) is 19.2 Å². The summed E-state index contributed by atoms with van der Waals surface area (Å²) in [5.41, 5.74) is -0.758. The van der Waals surface area contributed by atoms with E-state index in [-0.39, 0.29) is 26.0 Å². The Morgan fingerprint density at radius 2 is 2.19 bits per heavy atom. The zero-order valence-corrected chi connectivity index (χ0v) is 11.2. The van der Waals surface area contributed by atoms with Gasteiger partial charge in [-0.3, -0.25) is 23.9 Å². The lowest BCUT2D eigenvalue weighted by Gasteiger charge is -2.16. The van der Waals surface area contributed by atoms with Gasteiger partial charge in [0.1, 0.15) is 25.0 Å². The van der Waals surface area contributed by atoms with Crippen molar-refractivity contribution in [3.05, 3.63) is 32.6 Å². The molecule has 1 N–H and O–H groups in total. The molecule has 0 bridgehead atoms. The fourth-order valence-corrected chi connectivity index (χ4v) is 2.17. The molecule has 9 nitrogen and oxygen atoms in total. The van der Waals surface area contributed by atoms with Gasteiger partial charge in [0.15, 0.2) is 0 Å². The summed E-state index contributed by atoms with van der Waals surface area (Å²) < 4.78 is 16.2. The number of nitrogens with zero attached hydrogens (tertiary/aromatic N) is 1. The van der Waals surface area contributed by atoms with Crippen molar-refractivity contribution in [2.75, 3.05) is 6.61 Å². The van der Waals surface area contributed by atoms with Crippen molar-refractivity contribution in [3.8, 4) is 0 Å². The Bertz CT molecular complexity index is 635. The maximum absolute atomic E-state index is 11.8. The van der Waals surface area contributed by atoms with Crippen LogP contribution in [0.2, 0.25) is 0 Å². The van der Waals surface area contributed by atoms with Crippen LogP contribution in [-0.4, -0.2) is 41.3 Å². The number of aromatic amines is 1. The van der Waals surface area contributed by atoms with E-state index in [4.69, 9.17) is 9.47 Å². The number of H-pyrrole nitrogens is 1. The highest BCUT2D eigenvalue weighted by Crippen LogP contribution is 2.29. The highest BCUT2D eigenvalue weighted by atomic mass is 16.6. The van der Waals surface area contributed by atoms with E-state index in [2.05, 4.69) is 9.72 Å². The van der Waals surface area contributed by atoms with Gasteiger partial charge in [0, 0.05) is 18.2 Å². The van der Waals surface area contributed by atoms with E-state index in [1.165, 1.54) is 10.8 Å². The second-order valence-electron chi connectivity index (χ2n) is 4.54. The summed E-state index contributed by atoms with van der Waals surface area (Å²) in [6.07, 6.45) is -0.474. The van der Waals surface area contributed by atoms with E-state index in [1.54, 1.807) is 6.92 Å². The number of aryl methyl sites for hydroxylation is 1. The summed E-state index contributed by atoms with van der Waals surface area (Å²) in [6, 6.07) is 0. The minimum absolute atomic E-state index is 0.102. The molecule has 3 atom stereocenters. The van der Waals surface area contributed by atoms with Crippen LogP contribution in [0.1, 0.15) is 18.2 Å². The second kappa shape index (κ2) is 6.35. The summed E-state index contributed by atoms with van der Waals surface area (Å²) in [7, 11) is 0. The van der Waals surface area contributed by atoms with Crippen LogP contribution in [0.5, 0.6) is 0 Å². The van der Waals surface area contributed by atoms with Gasteiger partial charge in [-0.1, -0.05) is 0 Å². The average Bonchev–Trinajstić information content (AvgIpc) is 2.84. The minimum atomic E-state index is -0.724. The number of hydrogen-bond acceptors (Lipinski definition) is 7. The molecule has 2 rings (SSSR count). The molecule has 1 aliphatic rings. The lowest BCUT2D eigenvalue weighted by atomic mass is 10.2. The average molecular weight is 298 g/mol. The Labute approximate surface area is 118 Å². The Morgan fingerprint density at radius 1 is 1.43 bits per heavy atom. The molecule has 0 saturated carbocycles. The van der Waals surface area contributed by atoms with Gasteiger partial charge in [-0.2, -0.15) is 0 Å². The molecule has 0 amide bonds. The van der Waals surface area contributed by atoms with E-state index < -0.39 is 29.7 Å². The fourth-order valence-electron chi connectivity index (χ4n) is 2.17. The smallest absolute Gasteiger partial charge is 0.330 e. The molecule has 0 spiro atoms. The molecule has 114 valence electrons. The summed E-state index contributed by atoms with van der Waals surface area (Å²) in [6.45, 7) is 1.97. The van der Waals surface area contributed by atoms with E-state index in [0.717, 1.165) is 0 Å². The molecule has 1 saturated heterocycles. The third kappa shape index (κ3) is 3.19. The van der Waals surface area contributed by atoms with Crippen molar-refractivity contribution in [2.24, 2.45) is 0 Å². The fraction of sp³-hybridized carbons (Fsp3) is 0.500. The first-order valence-corrected chi connectivity index (χ1v) is 6.18. The predicted molar refractivity (Wildman–Crippen MR) is 67.5 cm³/mol. The predicted octanol–water partition coefficient (Wildman–Crippen LogP) is -1.15. The van der Waals surface area contributed by atoms with Gasteiger partial charge in [-0.05, 0) is 6.92 Å². The van der Waals surface area contributed by atoms with Crippen molar-refractivity contribution in [1.82, 2.24) is 9.55 Å². The normalized spacial score (nSPS) is 24.5. The molecule has 0 aliphatic carbocycles. The van der Waals surface area contributed by atoms with Crippen LogP contribution in [0.4, 0.5) is 0 Å². The molecular weight excluding hydrogens is 284 g/mol. The largest absolute Gasteiger partial charge is 0.465 e. The number of nitrogens with one attached hydrogen (secondary N) is 1. The monoisotopic (exact) mass is 298 g/mol. The molecule has 2 heterocycles. The van der Waals surface area contributed by atoms with Gasteiger partial charge in [-0.15, -0.1) is 0 Å². The van der Waals surface area contributed by atoms with E-state index in [1.807, 2.05) is 0 Å². The summed E-state index contributed by atoms with van der Waals surface area (Å²) >= 11 is 0. The number of rotatable bonds is 6. The second-order valence-corrected chi connectivity index (χ2v) is 4.54. The highest BCUT2D eigenvalue weighted by Gasteiger charge is 2.38. The first-order chi connectivity index (χ1) is 10.1. The third-order valence-electron chi connectivity index (χ3n) is 3.20. The lowest BCUT2D eigenvalue weighted by Crippen LogP contribution is -2.33. The molecule has 1 aromatic heterocycles. The van der Waals surface area contributed by atoms with Crippen molar-refractivity contribution < 1.29 is 23.8 Å². The maximum atomic E-state index is 11.8. The van der Waals surface area contributed by atoms with Crippen molar-refractivity contribution in [1.29, 1.82) is 0 Å². The van der Waals surface area contributed by atoms with Gasteiger partial charge >= 0.3 is 5.69 Å². The molecule has 0 radical (unpaired) electrons. The maximum Gasteiger partial charge on any atom is 0.330 e. The lowest BCUT2D eigenvalue weighted by molar-refractivity contribution is -0.142. The molecule has 21 heavy (non-hydrogen) atoms. The Hall–Kier alpha value is -2.42. The highest BCUT2D eigenvalue weighted by molar-refractivity contribution is 5.38. The van der Waals surface area contributed by atoms with Gasteiger partial charge in [-0.25, -0.2) is 4.79 Å². The zero-order chi connectivity index (χ0) is 15.4. The Morgan fingerprint density at radius 3 is 2.86 bits per heavy atom. The molecular formula is C12H14N2O7. The van der Waals surface area contributed by atoms with Crippen LogP contribution in [0.15, 0.2) is 15.8 Å². The Balaban J connectivity index is 2.23. The van der Waals surface area contributed by atoms with Crippen molar-refractivity contribution in [2.45, 2.75) is 31.8 Å². The summed E-state index contributed by atoms with van der Waals surface area (Å²) in [4.78, 5) is 46.0. The number of aromatic nitrogens is 2. The number of carbonyl (C=O) groups is 2.